The molecule has 0 heterocycles. The summed E-state index contributed by atoms with van der Waals surface area (Å²) in [5, 5.41) is 0. The van der Waals surface area contributed by atoms with Gasteiger partial charge in [0.05, 0.1) is 13.0 Å². The molecule has 0 aromatic heterocycles. The number of rotatable bonds is 5. The van der Waals surface area contributed by atoms with E-state index in [1.54, 1.807) is 0 Å². The Labute approximate surface area is 81.8 Å². The van der Waals surface area contributed by atoms with Gasteiger partial charge in [-0.15, -0.1) is 0 Å². The average Bonchev–Trinajstić information content (AvgIpc) is 1.86. The third-order valence-electron chi connectivity index (χ3n) is 1.21. The van der Waals surface area contributed by atoms with Crippen molar-refractivity contribution < 1.29 is 9.53 Å². The van der Waals surface area contributed by atoms with Crippen molar-refractivity contribution in [2.45, 2.75) is 37.0 Å². The topological polar surface area (TPSA) is 26.3 Å². The molecular formula is C8H15IO2. The predicted octanol–water partition coefficient (Wildman–Crippen LogP) is 2.54. The molecule has 0 aliphatic heterocycles. The fourth-order valence-electron chi connectivity index (χ4n) is 0.619. The van der Waals surface area contributed by atoms with Crippen LogP contribution < -0.4 is 0 Å². The van der Waals surface area contributed by atoms with Crippen molar-refractivity contribution in [2.24, 2.45) is 0 Å². The lowest BCUT2D eigenvalue weighted by atomic mass is 10.3. The molecule has 0 fully saturated rings. The molecule has 0 saturated carbocycles. The molecule has 66 valence electrons. The van der Waals surface area contributed by atoms with E-state index in [2.05, 4.69) is 29.5 Å². The number of hydrogen-bond acceptors (Lipinski definition) is 2. The summed E-state index contributed by atoms with van der Waals surface area (Å²) >= 11 is 2.22. The Morgan fingerprint density at radius 1 is 1.64 bits per heavy atom. The van der Waals surface area contributed by atoms with Crippen LogP contribution in [0.2, 0.25) is 0 Å². The Kier molecular flexibility index (Phi) is 7.01. The first-order valence-electron chi connectivity index (χ1n) is 3.96. The number of unbranched alkanes of at least 4 members (excludes halogenated alkanes) is 1. The van der Waals surface area contributed by atoms with E-state index in [1.807, 2.05) is 6.92 Å². The molecule has 2 nitrogen and oxygen atoms in total. The summed E-state index contributed by atoms with van der Waals surface area (Å²) in [5.74, 6) is -0.0691. The zero-order valence-corrected chi connectivity index (χ0v) is 9.26. The highest BCUT2D eigenvalue weighted by Gasteiger charge is 2.05. The molecule has 0 aromatic carbocycles. The van der Waals surface area contributed by atoms with Gasteiger partial charge in [0, 0.05) is 3.92 Å². The van der Waals surface area contributed by atoms with Crippen LogP contribution in [0.1, 0.15) is 33.1 Å². The van der Waals surface area contributed by atoms with Gasteiger partial charge in [-0.1, -0.05) is 42.9 Å². The van der Waals surface area contributed by atoms with Crippen molar-refractivity contribution in [1.82, 2.24) is 0 Å². The Morgan fingerprint density at radius 2 is 2.27 bits per heavy atom. The molecule has 11 heavy (non-hydrogen) atoms. The maximum Gasteiger partial charge on any atom is 0.306 e. The van der Waals surface area contributed by atoms with Gasteiger partial charge in [0.15, 0.2) is 0 Å². The maximum absolute atomic E-state index is 10.9. The second-order valence-corrected chi connectivity index (χ2v) is 4.69. The Balaban J connectivity index is 3.23. The minimum atomic E-state index is -0.0691. The molecule has 0 rings (SSSR count). The summed E-state index contributed by atoms with van der Waals surface area (Å²) in [7, 11) is 0. The smallest absolute Gasteiger partial charge is 0.306 e. The minimum absolute atomic E-state index is 0.0691. The van der Waals surface area contributed by atoms with E-state index >= 15 is 0 Å². The number of carbonyl (C=O) groups excluding carboxylic acids is 1. The molecule has 0 radical (unpaired) electrons. The zero-order chi connectivity index (χ0) is 8.69. The quantitative estimate of drug-likeness (QED) is 0.332. The molecule has 0 saturated heterocycles. The highest BCUT2D eigenvalue weighted by molar-refractivity contribution is 14.1. The Morgan fingerprint density at radius 3 is 2.73 bits per heavy atom. The highest BCUT2D eigenvalue weighted by Crippen LogP contribution is 2.05. The first-order valence-corrected chi connectivity index (χ1v) is 5.21. The van der Waals surface area contributed by atoms with Gasteiger partial charge in [0.2, 0.25) is 0 Å². The second kappa shape index (κ2) is 6.88. The van der Waals surface area contributed by atoms with Gasteiger partial charge >= 0.3 is 5.97 Å². The van der Waals surface area contributed by atoms with Crippen molar-refractivity contribution in [2.75, 3.05) is 6.61 Å². The minimum Gasteiger partial charge on any atom is -0.466 e. The van der Waals surface area contributed by atoms with Crippen LogP contribution in [-0.4, -0.2) is 16.5 Å². The van der Waals surface area contributed by atoms with Crippen LogP contribution in [0.25, 0.3) is 0 Å². The normalized spacial score (nSPS) is 12.6. The van der Waals surface area contributed by atoms with Gasteiger partial charge in [0.1, 0.15) is 0 Å². The molecular weight excluding hydrogens is 255 g/mol. The van der Waals surface area contributed by atoms with Crippen LogP contribution in [-0.2, 0) is 9.53 Å². The van der Waals surface area contributed by atoms with Gasteiger partial charge in [-0.05, 0) is 6.42 Å². The molecule has 0 bridgehead atoms. The second-order valence-electron chi connectivity index (χ2n) is 2.56. The Hall–Kier alpha value is 0.200. The van der Waals surface area contributed by atoms with Crippen molar-refractivity contribution >= 4 is 28.6 Å². The van der Waals surface area contributed by atoms with Crippen molar-refractivity contribution in [3.8, 4) is 0 Å². The molecule has 3 heteroatoms. The first-order chi connectivity index (χ1) is 5.16. The van der Waals surface area contributed by atoms with Crippen molar-refractivity contribution in [1.29, 1.82) is 0 Å². The van der Waals surface area contributed by atoms with Crippen LogP contribution in [0.4, 0.5) is 0 Å². The average molecular weight is 270 g/mol. The fourth-order valence-corrected chi connectivity index (χ4v) is 0.979. The molecule has 0 N–H and O–H groups in total. The number of ether oxygens (including phenoxy) is 1. The summed E-state index contributed by atoms with van der Waals surface area (Å²) in [4.78, 5) is 10.9. The van der Waals surface area contributed by atoms with Gasteiger partial charge in [-0.3, -0.25) is 4.79 Å². The van der Waals surface area contributed by atoms with Crippen LogP contribution in [0.3, 0.4) is 0 Å². The monoisotopic (exact) mass is 270 g/mol. The van der Waals surface area contributed by atoms with E-state index in [-0.39, 0.29) is 5.97 Å². The number of halogens is 1. The lowest BCUT2D eigenvalue weighted by Gasteiger charge is -2.04. The summed E-state index contributed by atoms with van der Waals surface area (Å²) in [6.45, 7) is 4.66. The number of carbonyl (C=O) groups is 1. The largest absolute Gasteiger partial charge is 0.466 e. The first kappa shape index (κ1) is 11.2. The van der Waals surface area contributed by atoms with Gasteiger partial charge in [-0.2, -0.15) is 0 Å². The lowest BCUT2D eigenvalue weighted by Crippen LogP contribution is -2.09. The lowest BCUT2D eigenvalue weighted by molar-refractivity contribution is -0.143. The van der Waals surface area contributed by atoms with Crippen LogP contribution in [0, 0.1) is 0 Å². The molecule has 0 spiro atoms. The zero-order valence-electron chi connectivity index (χ0n) is 7.10. The van der Waals surface area contributed by atoms with E-state index in [1.165, 1.54) is 0 Å². The van der Waals surface area contributed by atoms with E-state index < -0.39 is 0 Å². The summed E-state index contributed by atoms with van der Waals surface area (Å²) in [5.41, 5.74) is 0. The number of esters is 1. The molecule has 0 aliphatic rings. The highest BCUT2D eigenvalue weighted by atomic mass is 127. The van der Waals surface area contributed by atoms with E-state index in [0.717, 1.165) is 12.8 Å². The standard InChI is InChI=1S/C8H15IO2/c1-3-4-5-11-8(10)6-7(2)9/h7H,3-6H2,1-2H3. The number of hydrogen-bond donors (Lipinski definition) is 0. The molecule has 1 unspecified atom stereocenters. The van der Waals surface area contributed by atoms with Crippen LogP contribution >= 0.6 is 22.6 Å². The van der Waals surface area contributed by atoms with Crippen LogP contribution in [0.15, 0.2) is 0 Å². The summed E-state index contributed by atoms with van der Waals surface area (Å²) < 4.78 is 5.33. The van der Waals surface area contributed by atoms with E-state index in [0.29, 0.717) is 17.0 Å². The third kappa shape index (κ3) is 8.10. The van der Waals surface area contributed by atoms with E-state index in [9.17, 15) is 4.79 Å². The van der Waals surface area contributed by atoms with Crippen molar-refractivity contribution in [3.63, 3.8) is 0 Å². The molecule has 0 amide bonds. The van der Waals surface area contributed by atoms with E-state index in [4.69, 9.17) is 4.74 Å². The van der Waals surface area contributed by atoms with Crippen molar-refractivity contribution in [3.05, 3.63) is 0 Å². The van der Waals surface area contributed by atoms with Gasteiger partial charge in [0.25, 0.3) is 0 Å². The summed E-state index contributed by atoms with van der Waals surface area (Å²) in [6, 6.07) is 0. The fraction of sp³-hybridized carbons (Fsp3) is 0.875. The molecule has 1 atom stereocenters. The molecule has 0 aliphatic carbocycles. The SMILES string of the molecule is CCCCOC(=O)CC(C)I. The maximum atomic E-state index is 10.9. The number of alkyl halides is 1. The summed E-state index contributed by atoms with van der Waals surface area (Å²) in [6.07, 6.45) is 2.58. The van der Waals surface area contributed by atoms with Crippen LogP contribution in [0.5, 0.6) is 0 Å². The Bertz CT molecular complexity index is 113. The van der Waals surface area contributed by atoms with Gasteiger partial charge in [-0.25, -0.2) is 0 Å². The third-order valence-corrected chi connectivity index (χ3v) is 1.65. The molecule has 0 aromatic rings. The predicted molar refractivity (Wildman–Crippen MR) is 54.0 cm³/mol. The van der Waals surface area contributed by atoms with Gasteiger partial charge < -0.3 is 4.74 Å².